The van der Waals surface area contributed by atoms with Crippen molar-refractivity contribution in [2.75, 3.05) is 7.11 Å². The second-order valence-electron chi connectivity index (χ2n) is 4.96. The maximum atomic E-state index is 11.9. The van der Waals surface area contributed by atoms with E-state index in [4.69, 9.17) is 4.74 Å². The van der Waals surface area contributed by atoms with E-state index in [9.17, 15) is 4.79 Å². The van der Waals surface area contributed by atoms with E-state index in [1.165, 1.54) is 6.42 Å². The first kappa shape index (κ1) is 15.0. The van der Waals surface area contributed by atoms with Crippen molar-refractivity contribution in [2.45, 2.75) is 32.1 Å². The van der Waals surface area contributed by atoms with Crippen molar-refractivity contribution in [2.24, 2.45) is 11.0 Å². The number of ether oxygens (including phenoxy) is 1. The number of methoxy groups -OCH3 is 1. The van der Waals surface area contributed by atoms with Gasteiger partial charge in [-0.3, -0.25) is 4.79 Å². The van der Waals surface area contributed by atoms with Crippen LogP contribution < -0.4 is 10.2 Å². The molecule has 4 nitrogen and oxygen atoms in total. The van der Waals surface area contributed by atoms with Crippen LogP contribution in [0.15, 0.2) is 27.8 Å². The Balaban J connectivity index is 1.94. The molecular weight excluding hydrogens is 320 g/mol. The predicted molar refractivity (Wildman–Crippen MR) is 83.0 cm³/mol. The van der Waals surface area contributed by atoms with Crippen LogP contribution in [0.25, 0.3) is 0 Å². The number of halogens is 1. The van der Waals surface area contributed by atoms with Gasteiger partial charge in [0, 0.05) is 16.0 Å². The number of carbonyl (C=O) groups excluding carboxylic acids is 1. The molecule has 108 valence electrons. The number of carbonyl (C=O) groups is 1. The molecule has 1 N–H and O–H groups in total. The lowest BCUT2D eigenvalue weighted by Gasteiger charge is -2.19. The second kappa shape index (κ2) is 7.43. The van der Waals surface area contributed by atoms with Crippen molar-refractivity contribution in [3.05, 3.63) is 28.2 Å². The molecular formula is C15H19BrN2O2. The van der Waals surface area contributed by atoms with Crippen LogP contribution in [-0.2, 0) is 4.79 Å². The van der Waals surface area contributed by atoms with Crippen LogP contribution in [0.5, 0.6) is 5.75 Å². The average Bonchev–Trinajstić information content (AvgIpc) is 2.50. The molecule has 0 radical (unpaired) electrons. The molecule has 20 heavy (non-hydrogen) atoms. The normalized spacial score (nSPS) is 16.3. The van der Waals surface area contributed by atoms with E-state index in [0.29, 0.717) is 0 Å². The number of rotatable bonds is 4. The number of amides is 1. The first-order chi connectivity index (χ1) is 9.70. The van der Waals surface area contributed by atoms with Crippen LogP contribution in [0, 0.1) is 5.92 Å². The molecule has 0 unspecified atom stereocenters. The Hall–Kier alpha value is -1.36. The number of benzene rings is 1. The third kappa shape index (κ3) is 4.07. The third-order valence-corrected chi connectivity index (χ3v) is 4.28. The van der Waals surface area contributed by atoms with E-state index in [1.54, 1.807) is 13.3 Å². The standard InChI is InChI=1S/C15H19BrN2O2/c1-20-13-7-8-14(16)12(9-13)10-17-18-15(19)11-5-3-2-4-6-11/h7-11H,2-6H2,1H3,(H,18,19)/b17-10-. The predicted octanol–water partition coefficient (Wildman–Crippen LogP) is 3.49. The molecule has 2 rings (SSSR count). The van der Waals surface area contributed by atoms with Gasteiger partial charge in [0.1, 0.15) is 5.75 Å². The summed E-state index contributed by atoms with van der Waals surface area (Å²) in [5, 5.41) is 4.04. The maximum Gasteiger partial charge on any atom is 0.243 e. The minimum atomic E-state index is 0.0277. The van der Waals surface area contributed by atoms with E-state index in [0.717, 1.165) is 41.5 Å². The Morgan fingerprint density at radius 2 is 2.15 bits per heavy atom. The zero-order valence-corrected chi connectivity index (χ0v) is 13.1. The fourth-order valence-corrected chi connectivity index (χ4v) is 2.72. The highest BCUT2D eigenvalue weighted by molar-refractivity contribution is 9.10. The van der Waals surface area contributed by atoms with Gasteiger partial charge in [0.2, 0.25) is 5.91 Å². The van der Waals surface area contributed by atoms with Crippen molar-refractivity contribution in [3.63, 3.8) is 0 Å². The highest BCUT2D eigenvalue weighted by Gasteiger charge is 2.20. The van der Waals surface area contributed by atoms with Crippen molar-refractivity contribution in [3.8, 4) is 5.75 Å². The summed E-state index contributed by atoms with van der Waals surface area (Å²) < 4.78 is 6.07. The SMILES string of the molecule is COc1ccc(Br)c(/C=N\NC(=O)C2CCCCC2)c1. The average molecular weight is 339 g/mol. The van der Waals surface area contributed by atoms with Gasteiger partial charge in [-0.05, 0) is 31.0 Å². The molecule has 0 bridgehead atoms. The molecule has 1 aliphatic rings. The second-order valence-corrected chi connectivity index (χ2v) is 5.81. The molecule has 1 aromatic carbocycles. The molecule has 1 amide bonds. The lowest BCUT2D eigenvalue weighted by molar-refractivity contribution is -0.125. The highest BCUT2D eigenvalue weighted by Crippen LogP contribution is 2.23. The molecule has 0 saturated heterocycles. The number of hydrogen-bond donors (Lipinski definition) is 1. The van der Waals surface area contributed by atoms with Crippen LogP contribution in [0.1, 0.15) is 37.7 Å². The van der Waals surface area contributed by atoms with Crippen molar-refractivity contribution in [1.82, 2.24) is 5.43 Å². The van der Waals surface area contributed by atoms with Gasteiger partial charge in [-0.2, -0.15) is 5.10 Å². The lowest BCUT2D eigenvalue weighted by atomic mass is 9.89. The molecule has 0 heterocycles. The molecule has 1 saturated carbocycles. The van der Waals surface area contributed by atoms with E-state index in [-0.39, 0.29) is 11.8 Å². The van der Waals surface area contributed by atoms with Gasteiger partial charge in [0.25, 0.3) is 0 Å². The quantitative estimate of drug-likeness (QED) is 0.674. The zero-order chi connectivity index (χ0) is 14.4. The molecule has 0 atom stereocenters. The van der Waals surface area contributed by atoms with E-state index in [1.807, 2.05) is 18.2 Å². The Morgan fingerprint density at radius 1 is 1.40 bits per heavy atom. The van der Waals surface area contributed by atoms with E-state index in [2.05, 4.69) is 26.5 Å². The Labute approximate surface area is 127 Å². The molecule has 1 fully saturated rings. The summed E-state index contributed by atoms with van der Waals surface area (Å²) in [7, 11) is 1.62. The summed E-state index contributed by atoms with van der Waals surface area (Å²) in [6.45, 7) is 0. The number of nitrogens with zero attached hydrogens (tertiary/aromatic N) is 1. The van der Waals surface area contributed by atoms with Crippen molar-refractivity contribution < 1.29 is 9.53 Å². The molecule has 0 aromatic heterocycles. The first-order valence-corrected chi connectivity index (χ1v) is 7.66. The van der Waals surface area contributed by atoms with Crippen LogP contribution in [-0.4, -0.2) is 19.2 Å². The minimum Gasteiger partial charge on any atom is -0.497 e. The van der Waals surface area contributed by atoms with Gasteiger partial charge in [-0.1, -0.05) is 35.2 Å². The zero-order valence-electron chi connectivity index (χ0n) is 11.6. The largest absolute Gasteiger partial charge is 0.497 e. The summed E-state index contributed by atoms with van der Waals surface area (Å²) in [5.74, 6) is 0.905. The maximum absolute atomic E-state index is 11.9. The summed E-state index contributed by atoms with van der Waals surface area (Å²) in [6.07, 6.45) is 7.11. The fourth-order valence-electron chi connectivity index (χ4n) is 2.37. The Kier molecular flexibility index (Phi) is 5.59. The van der Waals surface area contributed by atoms with Crippen molar-refractivity contribution in [1.29, 1.82) is 0 Å². The summed E-state index contributed by atoms with van der Waals surface area (Å²) in [6, 6.07) is 5.62. The van der Waals surface area contributed by atoms with Gasteiger partial charge in [-0.25, -0.2) is 5.43 Å². The Morgan fingerprint density at radius 3 is 2.85 bits per heavy atom. The van der Waals surface area contributed by atoms with Crippen LogP contribution >= 0.6 is 15.9 Å². The summed E-state index contributed by atoms with van der Waals surface area (Å²) in [5.41, 5.74) is 3.50. The van der Waals surface area contributed by atoms with Crippen LogP contribution in [0.3, 0.4) is 0 Å². The Bertz CT molecular complexity index is 497. The summed E-state index contributed by atoms with van der Waals surface area (Å²) in [4.78, 5) is 11.9. The van der Waals surface area contributed by atoms with Crippen molar-refractivity contribution >= 4 is 28.1 Å². The van der Waals surface area contributed by atoms with Crippen LogP contribution in [0.2, 0.25) is 0 Å². The molecule has 0 spiro atoms. The lowest BCUT2D eigenvalue weighted by Crippen LogP contribution is -2.28. The molecule has 0 aliphatic heterocycles. The topological polar surface area (TPSA) is 50.7 Å². The fraction of sp³-hybridized carbons (Fsp3) is 0.467. The van der Waals surface area contributed by atoms with E-state index < -0.39 is 0 Å². The van der Waals surface area contributed by atoms with Gasteiger partial charge >= 0.3 is 0 Å². The molecule has 5 heteroatoms. The number of nitrogens with one attached hydrogen (secondary N) is 1. The van der Waals surface area contributed by atoms with Gasteiger partial charge in [0.05, 0.1) is 13.3 Å². The number of hydrazone groups is 1. The first-order valence-electron chi connectivity index (χ1n) is 6.87. The van der Waals surface area contributed by atoms with E-state index >= 15 is 0 Å². The minimum absolute atomic E-state index is 0.0277. The van der Waals surface area contributed by atoms with Gasteiger partial charge in [0.15, 0.2) is 0 Å². The molecule has 1 aliphatic carbocycles. The van der Waals surface area contributed by atoms with Crippen LogP contribution in [0.4, 0.5) is 0 Å². The van der Waals surface area contributed by atoms with Gasteiger partial charge in [-0.15, -0.1) is 0 Å². The monoisotopic (exact) mass is 338 g/mol. The highest BCUT2D eigenvalue weighted by atomic mass is 79.9. The van der Waals surface area contributed by atoms with Gasteiger partial charge < -0.3 is 4.74 Å². The third-order valence-electron chi connectivity index (χ3n) is 3.56. The molecule has 1 aromatic rings. The smallest absolute Gasteiger partial charge is 0.243 e. The summed E-state index contributed by atoms with van der Waals surface area (Å²) >= 11 is 3.44. The number of hydrogen-bond acceptors (Lipinski definition) is 3.